The molecule has 1 saturated carbocycles. The summed E-state index contributed by atoms with van der Waals surface area (Å²) in [6.07, 6.45) is 10.00. The molecule has 1 aliphatic carbocycles. The van der Waals surface area contributed by atoms with E-state index in [-0.39, 0.29) is 0 Å². The maximum atomic E-state index is 4.84. The van der Waals surface area contributed by atoms with E-state index in [9.17, 15) is 0 Å². The van der Waals surface area contributed by atoms with E-state index in [4.69, 9.17) is 9.97 Å². The molecular formula is C15H24BrN3. The first-order chi connectivity index (χ1) is 9.26. The molecule has 1 aliphatic rings. The van der Waals surface area contributed by atoms with Crippen molar-refractivity contribution < 1.29 is 0 Å². The van der Waals surface area contributed by atoms with E-state index >= 15 is 0 Å². The SMILES string of the molecule is CCCc1nc(C2CCCCCC2)nc(NC)c1Br. The molecule has 0 aromatic carbocycles. The van der Waals surface area contributed by atoms with Gasteiger partial charge in [0, 0.05) is 13.0 Å². The van der Waals surface area contributed by atoms with Crippen molar-refractivity contribution >= 4 is 21.7 Å². The second-order valence-electron chi connectivity index (χ2n) is 5.38. The van der Waals surface area contributed by atoms with Gasteiger partial charge < -0.3 is 5.32 Å². The van der Waals surface area contributed by atoms with Crippen molar-refractivity contribution in [3.8, 4) is 0 Å². The molecular weight excluding hydrogens is 302 g/mol. The second-order valence-corrected chi connectivity index (χ2v) is 6.17. The minimum atomic E-state index is 0.554. The molecule has 0 amide bonds. The summed E-state index contributed by atoms with van der Waals surface area (Å²) in [7, 11) is 1.93. The molecule has 106 valence electrons. The monoisotopic (exact) mass is 325 g/mol. The molecule has 1 fully saturated rings. The number of hydrogen-bond acceptors (Lipinski definition) is 3. The molecule has 0 atom stereocenters. The Morgan fingerprint density at radius 2 is 1.84 bits per heavy atom. The van der Waals surface area contributed by atoms with E-state index in [1.807, 2.05) is 7.05 Å². The first kappa shape index (κ1) is 14.8. The second kappa shape index (κ2) is 7.22. The lowest BCUT2D eigenvalue weighted by Gasteiger charge is -2.16. The van der Waals surface area contributed by atoms with Gasteiger partial charge in [0.05, 0.1) is 10.2 Å². The molecule has 1 heterocycles. The van der Waals surface area contributed by atoms with Gasteiger partial charge in [-0.3, -0.25) is 0 Å². The molecule has 1 N–H and O–H groups in total. The van der Waals surface area contributed by atoms with E-state index < -0.39 is 0 Å². The van der Waals surface area contributed by atoms with Crippen molar-refractivity contribution in [1.82, 2.24) is 9.97 Å². The van der Waals surface area contributed by atoms with Gasteiger partial charge in [-0.05, 0) is 35.2 Å². The third kappa shape index (κ3) is 3.68. The summed E-state index contributed by atoms with van der Waals surface area (Å²) in [6, 6.07) is 0. The van der Waals surface area contributed by atoms with Crippen LogP contribution >= 0.6 is 15.9 Å². The molecule has 1 aromatic heterocycles. The van der Waals surface area contributed by atoms with Gasteiger partial charge >= 0.3 is 0 Å². The fourth-order valence-corrected chi connectivity index (χ4v) is 3.37. The fourth-order valence-electron chi connectivity index (χ4n) is 2.80. The summed E-state index contributed by atoms with van der Waals surface area (Å²) in [6.45, 7) is 2.19. The van der Waals surface area contributed by atoms with E-state index in [2.05, 4.69) is 28.2 Å². The van der Waals surface area contributed by atoms with Crippen molar-refractivity contribution in [2.75, 3.05) is 12.4 Å². The topological polar surface area (TPSA) is 37.8 Å². The summed E-state index contributed by atoms with van der Waals surface area (Å²) in [5.74, 6) is 2.55. The van der Waals surface area contributed by atoms with Crippen LogP contribution in [-0.2, 0) is 6.42 Å². The Bertz CT molecular complexity index is 412. The van der Waals surface area contributed by atoms with Gasteiger partial charge in [-0.15, -0.1) is 0 Å². The highest BCUT2D eigenvalue weighted by Gasteiger charge is 2.20. The predicted octanol–water partition coefficient (Wildman–Crippen LogP) is 4.67. The van der Waals surface area contributed by atoms with E-state index in [0.717, 1.165) is 34.7 Å². The van der Waals surface area contributed by atoms with Gasteiger partial charge in [-0.2, -0.15) is 0 Å². The number of aryl methyl sites for hydroxylation is 1. The third-order valence-corrected chi connectivity index (χ3v) is 4.71. The summed E-state index contributed by atoms with van der Waals surface area (Å²) in [4.78, 5) is 9.57. The van der Waals surface area contributed by atoms with E-state index in [1.54, 1.807) is 0 Å². The van der Waals surface area contributed by atoms with Gasteiger partial charge in [0.1, 0.15) is 11.6 Å². The molecule has 19 heavy (non-hydrogen) atoms. The smallest absolute Gasteiger partial charge is 0.144 e. The third-order valence-electron chi connectivity index (χ3n) is 3.88. The normalized spacial score (nSPS) is 17.2. The largest absolute Gasteiger partial charge is 0.372 e. The van der Waals surface area contributed by atoms with Crippen molar-refractivity contribution in [3.63, 3.8) is 0 Å². The minimum absolute atomic E-state index is 0.554. The molecule has 0 aliphatic heterocycles. The number of hydrogen-bond donors (Lipinski definition) is 1. The Morgan fingerprint density at radius 3 is 2.42 bits per heavy atom. The lowest BCUT2D eigenvalue weighted by atomic mass is 9.99. The van der Waals surface area contributed by atoms with Crippen LogP contribution in [0.2, 0.25) is 0 Å². The zero-order chi connectivity index (χ0) is 13.7. The van der Waals surface area contributed by atoms with Gasteiger partial charge in [-0.25, -0.2) is 9.97 Å². The molecule has 0 spiro atoms. The van der Waals surface area contributed by atoms with E-state index in [0.29, 0.717) is 5.92 Å². The van der Waals surface area contributed by atoms with Crippen molar-refractivity contribution in [3.05, 3.63) is 16.0 Å². The quantitative estimate of drug-likeness (QED) is 0.817. The number of aromatic nitrogens is 2. The van der Waals surface area contributed by atoms with Crippen LogP contribution in [0.4, 0.5) is 5.82 Å². The molecule has 2 rings (SSSR count). The van der Waals surface area contributed by atoms with Gasteiger partial charge in [0.25, 0.3) is 0 Å². The Kier molecular flexibility index (Phi) is 5.61. The summed E-state index contributed by atoms with van der Waals surface area (Å²) < 4.78 is 1.04. The van der Waals surface area contributed by atoms with Crippen LogP contribution in [0.15, 0.2) is 4.47 Å². The summed E-state index contributed by atoms with van der Waals surface area (Å²) >= 11 is 3.63. The maximum Gasteiger partial charge on any atom is 0.144 e. The summed E-state index contributed by atoms with van der Waals surface area (Å²) in [5.41, 5.74) is 1.15. The maximum absolute atomic E-state index is 4.84. The van der Waals surface area contributed by atoms with Crippen LogP contribution < -0.4 is 5.32 Å². The van der Waals surface area contributed by atoms with Crippen LogP contribution in [-0.4, -0.2) is 17.0 Å². The molecule has 4 heteroatoms. The molecule has 0 radical (unpaired) electrons. The van der Waals surface area contributed by atoms with Crippen LogP contribution in [0, 0.1) is 0 Å². The number of rotatable bonds is 4. The highest BCUT2D eigenvalue weighted by Crippen LogP contribution is 2.33. The van der Waals surface area contributed by atoms with Crippen molar-refractivity contribution in [2.45, 2.75) is 64.2 Å². The zero-order valence-corrected chi connectivity index (χ0v) is 13.6. The number of halogens is 1. The molecule has 0 bridgehead atoms. The Hall–Kier alpha value is -0.640. The number of nitrogens with zero attached hydrogens (tertiary/aromatic N) is 2. The lowest BCUT2D eigenvalue weighted by molar-refractivity contribution is 0.557. The summed E-state index contributed by atoms with van der Waals surface area (Å²) in [5, 5.41) is 3.19. The Morgan fingerprint density at radius 1 is 1.16 bits per heavy atom. The lowest BCUT2D eigenvalue weighted by Crippen LogP contribution is -2.10. The molecule has 0 saturated heterocycles. The highest BCUT2D eigenvalue weighted by molar-refractivity contribution is 9.10. The Balaban J connectivity index is 2.30. The Labute approximate surface area is 124 Å². The van der Waals surface area contributed by atoms with Gasteiger partial charge in [0.15, 0.2) is 0 Å². The average Bonchev–Trinajstić information content (AvgIpc) is 2.70. The standard InChI is InChI=1S/C15H24BrN3/c1-3-8-12-13(16)15(17-2)19-14(18-12)11-9-6-4-5-7-10-11/h11H,3-10H2,1-2H3,(H,17,18,19). The van der Waals surface area contributed by atoms with Crippen LogP contribution in [0.3, 0.4) is 0 Å². The zero-order valence-electron chi connectivity index (χ0n) is 12.0. The van der Waals surface area contributed by atoms with Gasteiger partial charge in [-0.1, -0.05) is 39.0 Å². The van der Waals surface area contributed by atoms with E-state index in [1.165, 1.54) is 38.5 Å². The number of nitrogens with one attached hydrogen (secondary N) is 1. The van der Waals surface area contributed by atoms with Crippen LogP contribution in [0.1, 0.15) is 69.3 Å². The fraction of sp³-hybridized carbons (Fsp3) is 0.733. The van der Waals surface area contributed by atoms with Crippen LogP contribution in [0.25, 0.3) is 0 Å². The van der Waals surface area contributed by atoms with Crippen molar-refractivity contribution in [2.24, 2.45) is 0 Å². The average molecular weight is 326 g/mol. The molecule has 0 unspecified atom stereocenters. The minimum Gasteiger partial charge on any atom is -0.372 e. The van der Waals surface area contributed by atoms with Gasteiger partial charge in [0.2, 0.25) is 0 Å². The molecule has 1 aromatic rings. The predicted molar refractivity (Wildman–Crippen MR) is 83.7 cm³/mol. The first-order valence-corrected chi connectivity index (χ1v) is 8.29. The number of anilines is 1. The highest BCUT2D eigenvalue weighted by atomic mass is 79.9. The van der Waals surface area contributed by atoms with Crippen molar-refractivity contribution in [1.29, 1.82) is 0 Å². The van der Waals surface area contributed by atoms with Crippen LogP contribution in [0.5, 0.6) is 0 Å². The molecule has 3 nitrogen and oxygen atoms in total. The first-order valence-electron chi connectivity index (χ1n) is 7.50.